The number of carbonyl (C=O) groups excluding carboxylic acids is 1. The molecule has 2 heterocycles. The van der Waals surface area contributed by atoms with Gasteiger partial charge >= 0.3 is 0 Å². The molecule has 192 valence electrons. The van der Waals surface area contributed by atoms with E-state index in [1.165, 1.54) is 5.56 Å². The first-order valence-corrected chi connectivity index (χ1v) is 12.6. The van der Waals surface area contributed by atoms with E-state index in [-0.39, 0.29) is 11.2 Å². The molecule has 0 aliphatic heterocycles. The third kappa shape index (κ3) is 6.83. The minimum absolute atomic E-state index is 0.0798. The molecule has 4 rings (SSSR count). The minimum atomic E-state index is -0.480. The molecule has 0 bridgehead atoms. The SMILES string of the molecule is CC(C)(C)c1ccc(-n2nc(-c3ccncc3)cc2CCCNC(Cc2ccc(O)cc2)C(N)=O)cc1. The number of phenolic OH excluding ortho intramolecular Hbond substituents is 1. The van der Waals surface area contributed by atoms with Crippen LogP contribution in [0.25, 0.3) is 16.9 Å². The molecule has 2 aromatic heterocycles. The van der Waals surface area contributed by atoms with Crippen molar-refractivity contribution in [1.29, 1.82) is 0 Å². The molecule has 0 aliphatic rings. The summed E-state index contributed by atoms with van der Waals surface area (Å²) in [4.78, 5) is 16.1. The number of benzene rings is 2. The molecule has 2 aromatic carbocycles. The molecule has 1 amide bonds. The van der Waals surface area contributed by atoms with Crippen LogP contribution in [0.15, 0.2) is 79.1 Å². The number of hydrogen-bond acceptors (Lipinski definition) is 5. The lowest BCUT2D eigenvalue weighted by Crippen LogP contribution is -2.43. The number of nitrogens with two attached hydrogens (primary N) is 1. The Morgan fingerprint density at radius 3 is 2.32 bits per heavy atom. The second-order valence-electron chi connectivity index (χ2n) is 10.3. The van der Waals surface area contributed by atoms with Crippen LogP contribution in [0.3, 0.4) is 0 Å². The highest BCUT2D eigenvalue weighted by Gasteiger charge is 2.17. The standard InChI is InChI=1S/C30H35N5O2/c1-30(2,3)23-8-10-24(11-9-23)35-25(20-27(34-35)22-14-17-32-18-15-22)5-4-16-33-28(29(31)37)19-21-6-12-26(36)13-7-21/h6-15,17-18,20,28,33,36H,4-5,16,19H2,1-3H3,(H2,31,37). The lowest BCUT2D eigenvalue weighted by molar-refractivity contribution is -0.120. The second kappa shape index (κ2) is 11.4. The molecule has 0 radical (unpaired) electrons. The molecule has 0 saturated carbocycles. The molecule has 4 aromatic rings. The van der Waals surface area contributed by atoms with E-state index >= 15 is 0 Å². The smallest absolute Gasteiger partial charge is 0.234 e. The predicted molar refractivity (Wildman–Crippen MR) is 147 cm³/mol. The van der Waals surface area contributed by atoms with Crippen molar-refractivity contribution in [2.75, 3.05) is 6.54 Å². The second-order valence-corrected chi connectivity index (χ2v) is 10.3. The fraction of sp³-hybridized carbons (Fsp3) is 0.300. The van der Waals surface area contributed by atoms with Gasteiger partial charge in [0.25, 0.3) is 0 Å². The van der Waals surface area contributed by atoms with Crippen LogP contribution >= 0.6 is 0 Å². The van der Waals surface area contributed by atoms with Gasteiger partial charge in [0.2, 0.25) is 5.91 Å². The highest BCUT2D eigenvalue weighted by atomic mass is 16.3. The van der Waals surface area contributed by atoms with Gasteiger partial charge in [-0.05, 0) is 84.8 Å². The Kier molecular flexibility index (Phi) is 8.04. The van der Waals surface area contributed by atoms with Crippen molar-refractivity contribution in [3.05, 3.63) is 95.9 Å². The topological polar surface area (TPSA) is 106 Å². The van der Waals surface area contributed by atoms with E-state index in [9.17, 15) is 9.90 Å². The van der Waals surface area contributed by atoms with Crippen LogP contribution < -0.4 is 11.1 Å². The Hall–Kier alpha value is -3.97. The zero-order valence-corrected chi connectivity index (χ0v) is 21.7. The number of carbonyl (C=O) groups is 1. The number of primary amides is 1. The summed E-state index contributed by atoms with van der Waals surface area (Å²) in [7, 11) is 0. The Morgan fingerprint density at radius 1 is 1.03 bits per heavy atom. The molecule has 0 saturated heterocycles. The van der Waals surface area contributed by atoms with Crippen molar-refractivity contribution in [3.63, 3.8) is 0 Å². The van der Waals surface area contributed by atoms with Crippen molar-refractivity contribution >= 4 is 5.91 Å². The predicted octanol–water partition coefficient (Wildman–Crippen LogP) is 4.56. The highest BCUT2D eigenvalue weighted by molar-refractivity contribution is 5.80. The average molecular weight is 498 g/mol. The van der Waals surface area contributed by atoms with Gasteiger partial charge in [0.15, 0.2) is 0 Å². The number of nitrogens with zero attached hydrogens (tertiary/aromatic N) is 3. The summed E-state index contributed by atoms with van der Waals surface area (Å²) >= 11 is 0. The lowest BCUT2D eigenvalue weighted by atomic mass is 9.87. The number of hydrogen-bond donors (Lipinski definition) is 3. The largest absolute Gasteiger partial charge is 0.508 e. The van der Waals surface area contributed by atoms with Crippen LogP contribution in [-0.4, -0.2) is 38.4 Å². The summed E-state index contributed by atoms with van der Waals surface area (Å²) in [6, 6.07) is 21.0. The zero-order valence-electron chi connectivity index (χ0n) is 21.7. The summed E-state index contributed by atoms with van der Waals surface area (Å²) in [5.41, 5.74) is 12.0. The molecule has 0 fully saturated rings. The van der Waals surface area contributed by atoms with E-state index in [0.717, 1.165) is 41.0 Å². The van der Waals surface area contributed by atoms with Gasteiger partial charge in [-0.25, -0.2) is 4.68 Å². The van der Waals surface area contributed by atoms with Gasteiger partial charge in [-0.1, -0.05) is 45.0 Å². The van der Waals surface area contributed by atoms with E-state index in [0.29, 0.717) is 13.0 Å². The summed E-state index contributed by atoms with van der Waals surface area (Å²) in [5.74, 6) is -0.194. The number of aryl methyl sites for hydroxylation is 1. The Bertz CT molecular complexity index is 1310. The first-order chi connectivity index (χ1) is 17.7. The van der Waals surface area contributed by atoms with Crippen LogP contribution in [0.1, 0.15) is 44.0 Å². The molecule has 1 atom stereocenters. The third-order valence-corrected chi connectivity index (χ3v) is 6.46. The van der Waals surface area contributed by atoms with Crippen LogP contribution in [0.5, 0.6) is 5.75 Å². The van der Waals surface area contributed by atoms with Gasteiger partial charge in [0.1, 0.15) is 5.75 Å². The summed E-state index contributed by atoms with van der Waals surface area (Å²) in [5, 5.41) is 17.7. The molecule has 7 nitrogen and oxygen atoms in total. The molecule has 4 N–H and O–H groups in total. The number of aromatic hydroxyl groups is 1. The number of phenols is 1. The average Bonchev–Trinajstić information content (AvgIpc) is 3.31. The first-order valence-electron chi connectivity index (χ1n) is 12.6. The van der Waals surface area contributed by atoms with Gasteiger partial charge < -0.3 is 16.2 Å². The molecule has 7 heteroatoms. The maximum Gasteiger partial charge on any atom is 0.234 e. The number of pyridine rings is 1. The molecule has 0 spiro atoms. The molecule has 37 heavy (non-hydrogen) atoms. The monoisotopic (exact) mass is 497 g/mol. The highest BCUT2D eigenvalue weighted by Crippen LogP contribution is 2.26. The molecule has 0 aliphatic carbocycles. The van der Waals surface area contributed by atoms with Crippen LogP contribution in [-0.2, 0) is 23.1 Å². The fourth-order valence-electron chi connectivity index (χ4n) is 4.27. The first kappa shape index (κ1) is 26.1. The normalized spacial score (nSPS) is 12.4. The summed E-state index contributed by atoms with van der Waals surface area (Å²) in [6.07, 6.45) is 5.60. The van der Waals surface area contributed by atoms with E-state index in [1.807, 2.05) is 16.8 Å². The van der Waals surface area contributed by atoms with Gasteiger partial charge in [-0.15, -0.1) is 0 Å². The van der Waals surface area contributed by atoms with Crippen LogP contribution in [0, 0.1) is 0 Å². The van der Waals surface area contributed by atoms with E-state index in [1.54, 1.807) is 36.7 Å². The summed E-state index contributed by atoms with van der Waals surface area (Å²) < 4.78 is 2.00. The number of rotatable bonds is 10. The number of aromatic nitrogens is 3. The minimum Gasteiger partial charge on any atom is -0.508 e. The lowest BCUT2D eigenvalue weighted by Gasteiger charge is -2.19. The molecular formula is C30H35N5O2. The van der Waals surface area contributed by atoms with Crippen molar-refractivity contribution < 1.29 is 9.90 Å². The van der Waals surface area contributed by atoms with E-state index in [4.69, 9.17) is 10.8 Å². The van der Waals surface area contributed by atoms with Crippen molar-refractivity contribution in [2.45, 2.75) is 51.5 Å². The Balaban J connectivity index is 1.48. The molecular weight excluding hydrogens is 462 g/mol. The van der Waals surface area contributed by atoms with E-state index < -0.39 is 11.9 Å². The van der Waals surface area contributed by atoms with Crippen molar-refractivity contribution in [2.24, 2.45) is 5.73 Å². The summed E-state index contributed by atoms with van der Waals surface area (Å²) in [6.45, 7) is 7.25. The van der Waals surface area contributed by atoms with E-state index in [2.05, 4.69) is 61.4 Å². The fourth-order valence-corrected chi connectivity index (χ4v) is 4.27. The number of amides is 1. The van der Waals surface area contributed by atoms with Gasteiger partial charge in [0.05, 0.1) is 17.4 Å². The van der Waals surface area contributed by atoms with Gasteiger partial charge in [-0.3, -0.25) is 9.78 Å². The van der Waals surface area contributed by atoms with Gasteiger partial charge in [0, 0.05) is 23.7 Å². The van der Waals surface area contributed by atoms with Crippen molar-refractivity contribution in [1.82, 2.24) is 20.1 Å². The maximum atomic E-state index is 12.0. The quantitative estimate of drug-likeness (QED) is 0.279. The van der Waals surface area contributed by atoms with Gasteiger partial charge in [-0.2, -0.15) is 5.10 Å². The zero-order chi connectivity index (χ0) is 26.4. The number of nitrogens with one attached hydrogen (secondary N) is 1. The Morgan fingerprint density at radius 2 is 1.70 bits per heavy atom. The maximum absolute atomic E-state index is 12.0. The van der Waals surface area contributed by atoms with Crippen LogP contribution in [0.4, 0.5) is 0 Å². The van der Waals surface area contributed by atoms with Crippen molar-refractivity contribution in [3.8, 4) is 22.7 Å². The molecule has 1 unspecified atom stereocenters. The Labute approximate surface area is 218 Å². The van der Waals surface area contributed by atoms with Crippen LogP contribution in [0.2, 0.25) is 0 Å². The third-order valence-electron chi connectivity index (χ3n) is 6.46.